The van der Waals surface area contributed by atoms with Crippen LogP contribution >= 0.6 is 0 Å². The maximum absolute atomic E-state index is 11.9. The molecule has 0 saturated carbocycles. The minimum Gasteiger partial charge on any atom is -0.469 e. The zero-order valence-corrected chi connectivity index (χ0v) is 16.3. The van der Waals surface area contributed by atoms with E-state index >= 15 is 0 Å². The summed E-state index contributed by atoms with van der Waals surface area (Å²) < 4.78 is 4.92. The lowest BCUT2D eigenvalue weighted by molar-refractivity contribution is -0.145. The standard InChI is InChI=1S/C20H31N3O2/c1-13-9-14(2)17(15(3)10-13)7-8-22-20(21-5)23-11-16(4)18(12-23)19(24)25-6/h9-10,16,18H,7-8,11-12H2,1-6H3,(H,21,22). The highest BCUT2D eigenvalue weighted by atomic mass is 16.5. The molecule has 0 spiro atoms. The number of methoxy groups -OCH3 is 1. The van der Waals surface area contributed by atoms with E-state index in [0.29, 0.717) is 6.54 Å². The second-order valence-corrected chi connectivity index (χ2v) is 7.11. The lowest BCUT2D eigenvalue weighted by Crippen LogP contribution is -2.41. The van der Waals surface area contributed by atoms with Crippen molar-refractivity contribution in [1.82, 2.24) is 10.2 Å². The Hall–Kier alpha value is -2.04. The molecule has 1 saturated heterocycles. The number of hydrogen-bond donors (Lipinski definition) is 1. The Morgan fingerprint density at radius 2 is 1.92 bits per heavy atom. The first-order valence-corrected chi connectivity index (χ1v) is 8.97. The van der Waals surface area contributed by atoms with Gasteiger partial charge in [-0.1, -0.05) is 24.6 Å². The van der Waals surface area contributed by atoms with E-state index in [2.05, 4.69) is 55.0 Å². The SMILES string of the molecule is CN=C(NCCc1c(C)cc(C)cc1C)N1CC(C)C(C(=O)OC)C1. The molecule has 2 unspecified atom stereocenters. The highest BCUT2D eigenvalue weighted by Crippen LogP contribution is 2.24. The van der Waals surface area contributed by atoms with E-state index in [1.807, 2.05) is 0 Å². The Labute approximate surface area is 151 Å². The van der Waals surface area contributed by atoms with E-state index in [4.69, 9.17) is 4.74 Å². The second kappa shape index (κ2) is 8.37. The number of likely N-dealkylation sites (tertiary alicyclic amines) is 1. The number of nitrogens with zero attached hydrogens (tertiary/aromatic N) is 2. The van der Waals surface area contributed by atoms with E-state index in [0.717, 1.165) is 25.5 Å². The third-order valence-electron chi connectivity index (χ3n) is 5.13. The molecule has 1 aromatic carbocycles. The first kappa shape index (κ1) is 19.3. The summed E-state index contributed by atoms with van der Waals surface area (Å²) in [5, 5.41) is 3.45. The maximum atomic E-state index is 11.9. The Bertz CT molecular complexity index is 631. The topological polar surface area (TPSA) is 53.9 Å². The molecule has 1 fully saturated rings. The fourth-order valence-electron chi connectivity index (χ4n) is 3.83. The van der Waals surface area contributed by atoms with Gasteiger partial charge in [-0.05, 0) is 49.8 Å². The summed E-state index contributed by atoms with van der Waals surface area (Å²) in [5.74, 6) is 0.926. The Morgan fingerprint density at radius 1 is 1.28 bits per heavy atom. The molecule has 5 nitrogen and oxygen atoms in total. The van der Waals surface area contributed by atoms with Crippen LogP contribution in [0.2, 0.25) is 0 Å². The molecule has 1 aromatic rings. The van der Waals surface area contributed by atoms with Gasteiger partial charge in [0, 0.05) is 26.7 Å². The van der Waals surface area contributed by atoms with Crippen molar-refractivity contribution in [2.75, 3.05) is 33.8 Å². The van der Waals surface area contributed by atoms with Crippen molar-refractivity contribution < 1.29 is 9.53 Å². The van der Waals surface area contributed by atoms with Crippen molar-refractivity contribution in [3.05, 3.63) is 34.4 Å². The number of esters is 1. The quantitative estimate of drug-likeness (QED) is 0.517. The Morgan fingerprint density at radius 3 is 2.48 bits per heavy atom. The van der Waals surface area contributed by atoms with Crippen LogP contribution in [-0.4, -0.2) is 50.6 Å². The number of aryl methyl sites for hydroxylation is 3. The molecule has 25 heavy (non-hydrogen) atoms. The summed E-state index contributed by atoms with van der Waals surface area (Å²) in [7, 11) is 3.25. The van der Waals surface area contributed by atoms with Gasteiger partial charge in [-0.2, -0.15) is 0 Å². The smallest absolute Gasteiger partial charge is 0.310 e. The van der Waals surface area contributed by atoms with Crippen LogP contribution in [0.3, 0.4) is 0 Å². The molecule has 1 aliphatic heterocycles. The van der Waals surface area contributed by atoms with Crippen LogP contribution in [0.15, 0.2) is 17.1 Å². The minimum absolute atomic E-state index is 0.0786. The summed E-state index contributed by atoms with van der Waals surface area (Å²) in [4.78, 5) is 18.4. The minimum atomic E-state index is -0.128. The maximum Gasteiger partial charge on any atom is 0.310 e. The van der Waals surface area contributed by atoms with Crippen LogP contribution in [0.5, 0.6) is 0 Å². The van der Waals surface area contributed by atoms with E-state index < -0.39 is 0 Å². The van der Waals surface area contributed by atoms with E-state index in [1.54, 1.807) is 7.05 Å². The number of carbonyl (C=O) groups excluding carboxylic acids is 1. The summed E-state index contributed by atoms with van der Waals surface area (Å²) in [5.41, 5.74) is 5.39. The van der Waals surface area contributed by atoms with Crippen molar-refractivity contribution in [3.8, 4) is 0 Å². The average molecular weight is 345 g/mol. The molecular weight excluding hydrogens is 314 g/mol. The van der Waals surface area contributed by atoms with Gasteiger partial charge in [0.15, 0.2) is 5.96 Å². The molecule has 2 atom stereocenters. The van der Waals surface area contributed by atoms with Crippen LogP contribution in [0.1, 0.15) is 29.2 Å². The molecule has 1 heterocycles. The van der Waals surface area contributed by atoms with Crippen molar-refractivity contribution in [2.24, 2.45) is 16.8 Å². The Kier molecular flexibility index (Phi) is 6.45. The molecule has 0 aromatic heterocycles. The number of guanidine groups is 1. The van der Waals surface area contributed by atoms with E-state index in [9.17, 15) is 4.79 Å². The Balaban J connectivity index is 1.95. The second-order valence-electron chi connectivity index (χ2n) is 7.11. The summed E-state index contributed by atoms with van der Waals surface area (Å²) >= 11 is 0. The molecule has 0 aliphatic carbocycles. The normalized spacial score (nSPS) is 20.7. The predicted octanol–water partition coefficient (Wildman–Crippen LogP) is 2.47. The van der Waals surface area contributed by atoms with Crippen LogP contribution in [-0.2, 0) is 16.0 Å². The molecule has 5 heteroatoms. The summed E-state index contributed by atoms with van der Waals surface area (Å²) in [6, 6.07) is 4.47. The largest absolute Gasteiger partial charge is 0.469 e. The molecule has 0 bridgehead atoms. The molecular formula is C20H31N3O2. The first-order chi connectivity index (χ1) is 11.9. The van der Waals surface area contributed by atoms with Gasteiger partial charge in [0.25, 0.3) is 0 Å². The molecule has 2 rings (SSSR count). The summed E-state index contributed by atoms with van der Waals surface area (Å²) in [6.45, 7) is 10.9. The van der Waals surface area contributed by atoms with Crippen LogP contribution in [0.25, 0.3) is 0 Å². The molecule has 0 amide bonds. The number of carbonyl (C=O) groups is 1. The lowest BCUT2D eigenvalue weighted by Gasteiger charge is -2.22. The van der Waals surface area contributed by atoms with Crippen LogP contribution in [0.4, 0.5) is 0 Å². The van der Waals surface area contributed by atoms with Gasteiger partial charge in [0.05, 0.1) is 13.0 Å². The fraction of sp³-hybridized carbons (Fsp3) is 0.600. The van der Waals surface area contributed by atoms with E-state index in [-0.39, 0.29) is 17.8 Å². The zero-order chi connectivity index (χ0) is 18.6. The molecule has 1 aliphatic rings. The average Bonchev–Trinajstić information content (AvgIpc) is 2.94. The molecule has 0 radical (unpaired) electrons. The highest BCUT2D eigenvalue weighted by Gasteiger charge is 2.36. The predicted molar refractivity (Wildman–Crippen MR) is 102 cm³/mol. The fourth-order valence-corrected chi connectivity index (χ4v) is 3.83. The lowest BCUT2D eigenvalue weighted by atomic mass is 9.97. The van der Waals surface area contributed by atoms with Gasteiger partial charge in [0.1, 0.15) is 0 Å². The van der Waals surface area contributed by atoms with Gasteiger partial charge in [0.2, 0.25) is 0 Å². The monoisotopic (exact) mass is 345 g/mol. The van der Waals surface area contributed by atoms with Crippen molar-refractivity contribution in [3.63, 3.8) is 0 Å². The third kappa shape index (κ3) is 4.53. The van der Waals surface area contributed by atoms with Gasteiger partial charge in [-0.15, -0.1) is 0 Å². The summed E-state index contributed by atoms with van der Waals surface area (Å²) in [6.07, 6.45) is 0.959. The van der Waals surface area contributed by atoms with Gasteiger partial charge in [-0.25, -0.2) is 0 Å². The molecule has 138 valence electrons. The van der Waals surface area contributed by atoms with Crippen LogP contribution < -0.4 is 5.32 Å². The van der Waals surface area contributed by atoms with Crippen molar-refractivity contribution in [1.29, 1.82) is 0 Å². The number of nitrogens with one attached hydrogen (secondary N) is 1. The number of hydrogen-bond acceptors (Lipinski definition) is 3. The third-order valence-corrected chi connectivity index (χ3v) is 5.13. The van der Waals surface area contributed by atoms with Crippen molar-refractivity contribution >= 4 is 11.9 Å². The first-order valence-electron chi connectivity index (χ1n) is 8.97. The van der Waals surface area contributed by atoms with Gasteiger partial charge >= 0.3 is 5.97 Å². The highest BCUT2D eigenvalue weighted by molar-refractivity contribution is 5.82. The number of benzene rings is 1. The van der Waals surface area contributed by atoms with Gasteiger partial charge < -0.3 is 15.0 Å². The van der Waals surface area contributed by atoms with Crippen LogP contribution in [0, 0.1) is 32.6 Å². The number of ether oxygens (including phenoxy) is 1. The molecule has 1 N–H and O–H groups in total. The number of aliphatic imine (C=N–C) groups is 1. The zero-order valence-electron chi connectivity index (χ0n) is 16.3. The van der Waals surface area contributed by atoms with E-state index in [1.165, 1.54) is 29.4 Å². The number of rotatable bonds is 4. The van der Waals surface area contributed by atoms with Crippen molar-refractivity contribution in [2.45, 2.75) is 34.1 Å². The van der Waals surface area contributed by atoms with Gasteiger partial charge in [-0.3, -0.25) is 9.79 Å².